The molecule has 0 radical (unpaired) electrons. The average molecular weight is 231 g/mol. The van der Waals surface area contributed by atoms with Gasteiger partial charge >= 0.3 is 0 Å². The molecule has 0 saturated heterocycles. The van der Waals surface area contributed by atoms with Crippen molar-refractivity contribution in [3.63, 3.8) is 0 Å². The van der Waals surface area contributed by atoms with Crippen molar-refractivity contribution < 1.29 is 4.42 Å². The molecule has 2 aromatic rings. The molecule has 1 heterocycles. The summed E-state index contributed by atoms with van der Waals surface area (Å²) in [7, 11) is 1.86. The van der Waals surface area contributed by atoms with Crippen LogP contribution in [-0.2, 0) is 19.4 Å². The largest absolute Gasteiger partial charge is 0.424 e. The van der Waals surface area contributed by atoms with Gasteiger partial charge in [-0.25, -0.2) is 0 Å². The van der Waals surface area contributed by atoms with Crippen molar-refractivity contribution >= 4 is 0 Å². The van der Waals surface area contributed by atoms with E-state index in [1.54, 1.807) is 0 Å². The second kappa shape index (κ2) is 5.59. The molecule has 4 heteroatoms. The normalized spacial score (nSPS) is 10.7. The first kappa shape index (κ1) is 11.8. The van der Waals surface area contributed by atoms with E-state index in [1.807, 2.05) is 7.05 Å². The number of hydrogen-bond donors (Lipinski definition) is 1. The van der Waals surface area contributed by atoms with Gasteiger partial charge in [-0.3, -0.25) is 0 Å². The van der Waals surface area contributed by atoms with Crippen LogP contribution in [0.1, 0.15) is 22.9 Å². The molecular formula is C13H17N3O. The number of hydrogen-bond acceptors (Lipinski definition) is 4. The molecule has 0 saturated carbocycles. The molecule has 2 rings (SSSR count). The third-order valence-corrected chi connectivity index (χ3v) is 2.58. The first-order valence-electron chi connectivity index (χ1n) is 5.79. The topological polar surface area (TPSA) is 51.0 Å². The fourth-order valence-corrected chi connectivity index (χ4v) is 1.62. The number of nitrogens with zero attached hydrogens (tertiary/aromatic N) is 2. The predicted molar refractivity (Wildman–Crippen MR) is 65.6 cm³/mol. The zero-order chi connectivity index (χ0) is 12.1. The smallest absolute Gasteiger partial charge is 0.230 e. The fraction of sp³-hybridized carbons (Fsp3) is 0.385. The van der Waals surface area contributed by atoms with Crippen LogP contribution in [0.4, 0.5) is 0 Å². The van der Waals surface area contributed by atoms with Crippen LogP contribution in [-0.4, -0.2) is 17.2 Å². The lowest BCUT2D eigenvalue weighted by Crippen LogP contribution is -2.04. The van der Waals surface area contributed by atoms with Gasteiger partial charge in [0.1, 0.15) is 0 Å². The van der Waals surface area contributed by atoms with Gasteiger partial charge in [0, 0.05) is 6.42 Å². The number of nitrogens with one attached hydrogen (secondary N) is 1. The van der Waals surface area contributed by atoms with Gasteiger partial charge in [-0.05, 0) is 26.0 Å². The van der Waals surface area contributed by atoms with Gasteiger partial charge < -0.3 is 9.73 Å². The molecule has 90 valence electrons. The lowest BCUT2D eigenvalue weighted by Gasteiger charge is -1.99. The monoisotopic (exact) mass is 231 g/mol. The summed E-state index contributed by atoms with van der Waals surface area (Å²) in [6.45, 7) is 2.71. The Morgan fingerprint density at radius 1 is 1.06 bits per heavy atom. The summed E-state index contributed by atoms with van der Waals surface area (Å²) in [5.74, 6) is 1.35. The highest BCUT2D eigenvalue weighted by molar-refractivity contribution is 5.21. The van der Waals surface area contributed by atoms with Gasteiger partial charge in [-0.15, -0.1) is 10.2 Å². The molecule has 0 amide bonds. The molecule has 0 aliphatic heterocycles. The van der Waals surface area contributed by atoms with Crippen molar-refractivity contribution in [2.45, 2.75) is 26.3 Å². The molecule has 0 aliphatic rings. The van der Waals surface area contributed by atoms with Crippen LogP contribution in [0.2, 0.25) is 0 Å². The quantitative estimate of drug-likeness (QED) is 0.853. The predicted octanol–water partition coefficient (Wildman–Crippen LogP) is 1.88. The Morgan fingerprint density at radius 3 is 2.47 bits per heavy atom. The van der Waals surface area contributed by atoms with E-state index >= 15 is 0 Å². The van der Waals surface area contributed by atoms with Crippen LogP contribution in [0, 0.1) is 6.92 Å². The Morgan fingerprint density at radius 2 is 1.76 bits per heavy atom. The van der Waals surface area contributed by atoms with Crippen LogP contribution >= 0.6 is 0 Å². The summed E-state index contributed by atoms with van der Waals surface area (Å²) < 4.78 is 5.48. The Bertz CT molecular complexity index is 462. The van der Waals surface area contributed by atoms with Crippen molar-refractivity contribution in [3.8, 4) is 0 Å². The van der Waals surface area contributed by atoms with E-state index in [2.05, 4.69) is 46.7 Å². The van der Waals surface area contributed by atoms with Gasteiger partial charge in [-0.1, -0.05) is 29.8 Å². The standard InChI is InChI=1S/C13H17N3O/c1-10-3-5-11(6-4-10)7-8-12-15-16-13(17-12)9-14-2/h3-6,14H,7-9H2,1-2H3. The zero-order valence-corrected chi connectivity index (χ0v) is 10.2. The summed E-state index contributed by atoms with van der Waals surface area (Å²) in [6.07, 6.45) is 1.72. The van der Waals surface area contributed by atoms with E-state index in [1.165, 1.54) is 11.1 Å². The van der Waals surface area contributed by atoms with Crippen molar-refractivity contribution in [2.24, 2.45) is 0 Å². The summed E-state index contributed by atoms with van der Waals surface area (Å²) in [6, 6.07) is 8.52. The minimum atomic E-state index is 0.623. The molecule has 17 heavy (non-hydrogen) atoms. The SMILES string of the molecule is CNCc1nnc(CCc2ccc(C)cc2)o1. The van der Waals surface area contributed by atoms with Crippen LogP contribution in [0.3, 0.4) is 0 Å². The van der Waals surface area contributed by atoms with Gasteiger partial charge in [0.15, 0.2) is 0 Å². The summed E-state index contributed by atoms with van der Waals surface area (Å²) >= 11 is 0. The van der Waals surface area contributed by atoms with E-state index in [4.69, 9.17) is 4.42 Å². The zero-order valence-electron chi connectivity index (χ0n) is 10.2. The van der Waals surface area contributed by atoms with Gasteiger partial charge in [0.05, 0.1) is 6.54 Å². The highest BCUT2D eigenvalue weighted by Gasteiger charge is 2.05. The molecule has 0 spiro atoms. The Labute approximate surface area is 101 Å². The minimum absolute atomic E-state index is 0.623. The van der Waals surface area contributed by atoms with Crippen molar-refractivity contribution in [3.05, 3.63) is 47.2 Å². The summed E-state index contributed by atoms with van der Waals surface area (Å²) in [5.41, 5.74) is 2.58. The molecule has 4 nitrogen and oxygen atoms in total. The minimum Gasteiger partial charge on any atom is -0.424 e. The number of aryl methyl sites for hydroxylation is 3. The molecule has 0 atom stereocenters. The first-order valence-corrected chi connectivity index (χ1v) is 5.79. The Hall–Kier alpha value is -1.68. The first-order chi connectivity index (χ1) is 8.28. The lowest BCUT2D eigenvalue weighted by molar-refractivity contribution is 0.439. The van der Waals surface area contributed by atoms with Crippen molar-refractivity contribution in [2.75, 3.05) is 7.05 Å². The number of benzene rings is 1. The molecule has 0 aliphatic carbocycles. The van der Waals surface area contributed by atoms with E-state index in [-0.39, 0.29) is 0 Å². The van der Waals surface area contributed by atoms with E-state index in [9.17, 15) is 0 Å². The van der Waals surface area contributed by atoms with Crippen molar-refractivity contribution in [1.82, 2.24) is 15.5 Å². The molecule has 0 unspecified atom stereocenters. The second-order valence-corrected chi connectivity index (χ2v) is 4.11. The third kappa shape index (κ3) is 3.39. The molecular weight excluding hydrogens is 214 g/mol. The van der Waals surface area contributed by atoms with E-state index in [0.717, 1.165) is 12.8 Å². The molecule has 1 aromatic heterocycles. The molecule has 0 fully saturated rings. The number of rotatable bonds is 5. The maximum absolute atomic E-state index is 5.48. The summed E-state index contributed by atoms with van der Waals surface area (Å²) in [4.78, 5) is 0. The second-order valence-electron chi connectivity index (χ2n) is 4.11. The van der Waals surface area contributed by atoms with E-state index < -0.39 is 0 Å². The molecule has 0 bridgehead atoms. The maximum atomic E-state index is 5.48. The van der Waals surface area contributed by atoms with E-state index in [0.29, 0.717) is 18.3 Å². The highest BCUT2D eigenvalue weighted by Crippen LogP contribution is 2.08. The molecule has 1 aromatic carbocycles. The van der Waals surface area contributed by atoms with Gasteiger partial charge in [-0.2, -0.15) is 0 Å². The van der Waals surface area contributed by atoms with Gasteiger partial charge in [0.25, 0.3) is 0 Å². The van der Waals surface area contributed by atoms with Gasteiger partial charge in [0.2, 0.25) is 11.8 Å². The average Bonchev–Trinajstić information content (AvgIpc) is 2.77. The number of aromatic nitrogens is 2. The van der Waals surface area contributed by atoms with Crippen molar-refractivity contribution in [1.29, 1.82) is 0 Å². The Kier molecular flexibility index (Phi) is 3.88. The Balaban J connectivity index is 1.90. The van der Waals surface area contributed by atoms with Crippen LogP contribution in [0.25, 0.3) is 0 Å². The fourth-order valence-electron chi connectivity index (χ4n) is 1.62. The third-order valence-electron chi connectivity index (χ3n) is 2.58. The van der Waals surface area contributed by atoms with Crippen LogP contribution < -0.4 is 5.32 Å². The van der Waals surface area contributed by atoms with Crippen LogP contribution in [0.15, 0.2) is 28.7 Å². The summed E-state index contributed by atoms with van der Waals surface area (Å²) in [5, 5.41) is 10.9. The lowest BCUT2D eigenvalue weighted by atomic mass is 10.1. The highest BCUT2D eigenvalue weighted by atomic mass is 16.4. The molecule has 1 N–H and O–H groups in total. The van der Waals surface area contributed by atoms with Crippen LogP contribution in [0.5, 0.6) is 0 Å². The maximum Gasteiger partial charge on any atom is 0.230 e.